The molecular weight excluding hydrogens is 390 g/mol. The summed E-state index contributed by atoms with van der Waals surface area (Å²) in [5.41, 5.74) is 2.16. The van der Waals surface area contributed by atoms with Gasteiger partial charge in [0.15, 0.2) is 14.1 Å². The summed E-state index contributed by atoms with van der Waals surface area (Å²) in [7, 11) is 1.84. The first-order chi connectivity index (χ1) is 14.0. The Labute approximate surface area is 182 Å². The lowest BCUT2D eigenvalue weighted by molar-refractivity contribution is 0.0791. The van der Waals surface area contributed by atoms with Crippen LogP contribution in [0, 0.1) is 5.41 Å². The van der Waals surface area contributed by atoms with E-state index in [0.717, 1.165) is 40.8 Å². The van der Waals surface area contributed by atoms with E-state index in [2.05, 4.69) is 57.5 Å². The molecule has 1 heterocycles. The SMILES string of the molecule is CCCC1(CCO[Si](C)(C)C(C)(C)C)C=C(OC)c2c(c3ccccc3n2C)C1=O. The molecule has 1 aliphatic carbocycles. The fourth-order valence-electron chi connectivity index (χ4n) is 4.35. The van der Waals surface area contributed by atoms with Crippen molar-refractivity contribution in [3.63, 3.8) is 0 Å². The Balaban J connectivity index is 2.04. The number of hydrogen-bond acceptors (Lipinski definition) is 3. The summed E-state index contributed by atoms with van der Waals surface area (Å²) in [4.78, 5) is 14.0. The van der Waals surface area contributed by atoms with E-state index >= 15 is 0 Å². The van der Waals surface area contributed by atoms with Gasteiger partial charge in [-0.25, -0.2) is 0 Å². The van der Waals surface area contributed by atoms with Crippen molar-refractivity contribution < 1.29 is 14.0 Å². The maximum atomic E-state index is 14.0. The molecule has 0 saturated carbocycles. The highest BCUT2D eigenvalue weighted by atomic mass is 28.4. The van der Waals surface area contributed by atoms with Gasteiger partial charge in [0.1, 0.15) is 5.76 Å². The van der Waals surface area contributed by atoms with E-state index in [1.54, 1.807) is 7.11 Å². The summed E-state index contributed by atoms with van der Waals surface area (Å²) in [6.45, 7) is 14.0. The fraction of sp³-hybridized carbons (Fsp3) is 0.560. The fourth-order valence-corrected chi connectivity index (χ4v) is 5.39. The third kappa shape index (κ3) is 3.67. The lowest BCUT2D eigenvalue weighted by Crippen LogP contribution is -2.42. The van der Waals surface area contributed by atoms with Crippen molar-refractivity contribution in [2.45, 2.75) is 65.1 Å². The summed E-state index contributed by atoms with van der Waals surface area (Å²) < 4.78 is 14.4. The van der Waals surface area contributed by atoms with E-state index in [-0.39, 0.29) is 10.8 Å². The predicted octanol–water partition coefficient (Wildman–Crippen LogP) is 6.56. The third-order valence-electron chi connectivity index (χ3n) is 7.16. The number of Topliss-reactive ketones (excluding diaryl/α,β-unsaturated/α-hetero) is 1. The lowest BCUT2D eigenvalue weighted by atomic mass is 9.70. The second-order valence-corrected chi connectivity index (χ2v) is 14.9. The molecule has 2 aromatic rings. The Hall–Kier alpha value is -1.85. The zero-order chi connectivity index (χ0) is 22.3. The molecule has 0 aliphatic heterocycles. The maximum Gasteiger partial charge on any atom is 0.191 e. The van der Waals surface area contributed by atoms with Crippen molar-refractivity contribution in [2.75, 3.05) is 13.7 Å². The zero-order valence-electron chi connectivity index (χ0n) is 19.9. The molecule has 0 spiro atoms. The number of carbonyl (C=O) groups excluding carboxylic acids is 1. The van der Waals surface area contributed by atoms with Crippen LogP contribution < -0.4 is 0 Å². The molecule has 1 aromatic heterocycles. The molecule has 1 aliphatic rings. The molecule has 5 heteroatoms. The van der Waals surface area contributed by atoms with Gasteiger partial charge in [0, 0.05) is 24.6 Å². The third-order valence-corrected chi connectivity index (χ3v) is 11.7. The smallest absolute Gasteiger partial charge is 0.191 e. The molecule has 0 saturated heterocycles. The molecule has 1 atom stereocenters. The molecule has 0 bridgehead atoms. The predicted molar refractivity (Wildman–Crippen MR) is 127 cm³/mol. The number of benzene rings is 1. The van der Waals surface area contributed by atoms with Crippen LogP contribution in [0.25, 0.3) is 16.7 Å². The van der Waals surface area contributed by atoms with Gasteiger partial charge in [0.2, 0.25) is 0 Å². The van der Waals surface area contributed by atoms with E-state index in [0.29, 0.717) is 13.0 Å². The number of allylic oxidation sites excluding steroid dienone is 1. The van der Waals surface area contributed by atoms with Crippen LogP contribution in [-0.2, 0) is 16.2 Å². The van der Waals surface area contributed by atoms with Crippen LogP contribution in [0.1, 0.15) is 63.0 Å². The number of fused-ring (bicyclic) bond motifs is 3. The second-order valence-electron chi connectivity index (χ2n) is 10.1. The largest absolute Gasteiger partial charge is 0.495 e. The van der Waals surface area contributed by atoms with Crippen molar-refractivity contribution in [2.24, 2.45) is 12.5 Å². The van der Waals surface area contributed by atoms with Crippen LogP contribution in [-0.4, -0.2) is 32.4 Å². The number of para-hydroxylation sites is 1. The van der Waals surface area contributed by atoms with Gasteiger partial charge >= 0.3 is 0 Å². The number of nitrogens with zero attached hydrogens (tertiary/aromatic N) is 1. The molecule has 30 heavy (non-hydrogen) atoms. The van der Waals surface area contributed by atoms with Crippen molar-refractivity contribution in [3.8, 4) is 0 Å². The molecule has 0 radical (unpaired) electrons. The number of aromatic nitrogens is 1. The topological polar surface area (TPSA) is 40.5 Å². The number of ether oxygens (including phenoxy) is 1. The van der Waals surface area contributed by atoms with Crippen molar-refractivity contribution in [1.82, 2.24) is 4.57 Å². The molecule has 0 N–H and O–H groups in total. The first-order valence-electron chi connectivity index (χ1n) is 11.0. The molecular formula is C25H37NO3Si. The summed E-state index contributed by atoms with van der Waals surface area (Å²) in [6.07, 6.45) is 4.48. The number of carbonyl (C=O) groups is 1. The maximum absolute atomic E-state index is 14.0. The van der Waals surface area contributed by atoms with Crippen molar-refractivity contribution in [1.29, 1.82) is 0 Å². The number of rotatable bonds is 7. The van der Waals surface area contributed by atoms with Crippen LogP contribution in [0.4, 0.5) is 0 Å². The number of methoxy groups -OCH3 is 1. The minimum absolute atomic E-state index is 0.151. The molecule has 0 fully saturated rings. The van der Waals surface area contributed by atoms with E-state index in [9.17, 15) is 4.79 Å². The minimum Gasteiger partial charge on any atom is -0.495 e. The molecule has 3 rings (SSSR count). The highest BCUT2D eigenvalue weighted by molar-refractivity contribution is 6.74. The Morgan fingerprint density at radius 2 is 1.80 bits per heavy atom. The van der Waals surface area contributed by atoms with E-state index in [1.165, 1.54) is 0 Å². The number of hydrogen-bond donors (Lipinski definition) is 0. The summed E-state index contributed by atoms with van der Waals surface area (Å²) in [5, 5.41) is 1.16. The first kappa shape index (κ1) is 22.8. The number of aryl methyl sites for hydroxylation is 1. The van der Waals surface area contributed by atoms with E-state index in [4.69, 9.17) is 9.16 Å². The van der Waals surface area contributed by atoms with Gasteiger partial charge in [0.25, 0.3) is 0 Å². The monoisotopic (exact) mass is 427 g/mol. The summed E-state index contributed by atoms with van der Waals surface area (Å²) in [6, 6.07) is 8.13. The average molecular weight is 428 g/mol. The van der Waals surface area contributed by atoms with Gasteiger partial charge in [-0.15, -0.1) is 0 Å². The van der Waals surface area contributed by atoms with Crippen LogP contribution >= 0.6 is 0 Å². The molecule has 0 amide bonds. The lowest BCUT2D eigenvalue weighted by Gasteiger charge is -2.38. The average Bonchev–Trinajstić information content (AvgIpc) is 2.97. The van der Waals surface area contributed by atoms with E-state index in [1.807, 2.05) is 25.2 Å². The Kier molecular flexibility index (Phi) is 6.09. The van der Waals surface area contributed by atoms with Crippen LogP contribution in [0.15, 0.2) is 30.3 Å². The standard InChI is InChI=1S/C25H37NO3Si/c1-9-14-25(15-16-29-30(7,8)24(2,3)4)17-20(28-6)22-21(23(25)27)18-12-10-11-13-19(18)26(22)5/h10-13,17H,9,14-16H2,1-8H3. The zero-order valence-corrected chi connectivity index (χ0v) is 20.9. The van der Waals surface area contributed by atoms with Gasteiger partial charge in [-0.2, -0.15) is 0 Å². The normalized spacial score (nSPS) is 19.7. The van der Waals surface area contributed by atoms with Crippen molar-refractivity contribution in [3.05, 3.63) is 41.6 Å². The molecule has 164 valence electrons. The Morgan fingerprint density at radius 3 is 2.40 bits per heavy atom. The van der Waals surface area contributed by atoms with Crippen LogP contribution in [0.2, 0.25) is 18.1 Å². The number of ketones is 1. The first-order valence-corrected chi connectivity index (χ1v) is 13.9. The van der Waals surface area contributed by atoms with Gasteiger partial charge in [-0.05, 0) is 43.1 Å². The highest BCUT2D eigenvalue weighted by Crippen LogP contribution is 2.46. The van der Waals surface area contributed by atoms with Crippen molar-refractivity contribution >= 4 is 30.8 Å². The van der Waals surface area contributed by atoms with E-state index < -0.39 is 13.7 Å². The summed E-state index contributed by atoms with van der Waals surface area (Å²) in [5.74, 6) is 1.000. The van der Waals surface area contributed by atoms with Gasteiger partial charge in [-0.3, -0.25) is 4.79 Å². The molecule has 4 nitrogen and oxygen atoms in total. The highest BCUT2D eigenvalue weighted by Gasteiger charge is 2.45. The Morgan fingerprint density at radius 1 is 1.13 bits per heavy atom. The van der Waals surface area contributed by atoms with Crippen LogP contribution in [0.3, 0.4) is 0 Å². The summed E-state index contributed by atoms with van der Waals surface area (Å²) >= 11 is 0. The van der Waals surface area contributed by atoms with Gasteiger partial charge in [0.05, 0.1) is 23.8 Å². The minimum atomic E-state index is -1.87. The van der Waals surface area contributed by atoms with Crippen LogP contribution in [0.5, 0.6) is 0 Å². The molecule has 1 aromatic carbocycles. The quantitative estimate of drug-likeness (QED) is 0.470. The Bertz CT molecular complexity index is 980. The molecule has 1 unspecified atom stereocenters. The second kappa shape index (κ2) is 8.01. The van der Waals surface area contributed by atoms with Gasteiger partial charge < -0.3 is 13.7 Å². The van der Waals surface area contributed by atoms with Gasteiger partial charge in [-0.1, -0.05) is 52.3 Å².